The van der Waals surface area contributed by atoms with Crippen LogP contribution in [-0.4, -0.2) is 31.9 Å². The number of pyridine rings is 1. The van der Waals surface area contributed by atoms with Crippen LogP contribution in [0.5, 0.6) is 0 Å². The summed E-state index contributed by atoms with van der Waals surface area (Å²) >= 11 is 0. The molecule has 1 aliphatic rings. The lowest BCUT2D eigenvalue weighted by Crippen LogP contribution is -2.30. The monoisotopic (exact) mass is 434 g/mol. The summed E-state index contributed by atoms with van der Waals surface area (Å²) in [7, 11) is 0. The van der Waals surface area contributed by atoms with Gasteiger partial charge in [0.2, 0.25) is 0 Å². The van der Waals surface area contributed by atoms with E-state index in [0.717, 1.165) is 35.5 Å². The fourth-order valence-corrected chi connectivity index (χ4v) is 3.79. The Kier molecular flexibility index (Phi) is 5.67. The van der Waals surface area contributed by atoms with Gasteiger partial charge in [-0.25, -0.2) is 4.98 Å². The molecule has 1 aromatic carbocycles. The molecule has 2 heterocycles. The van der Waals surface area contributed by atoms with Crippen LogP contribution in [0.25, 0.3) is 5.65 Å². The number of amides is 1. The maximum atomic E-state index is 13.0. The molecule has 2 aromatic heterocycles. The van der Waals surface area contributed by atoms with E-state index in [4.69, 9.17) is 4.98 Å². The zero-order valence-electron chi connectivity index (χ0n) is 19.0. The Morgan fingerprint density at radius 2 is 1.88 bits per heavy atom. The largest absolute Gasteiger partial charge is 0.481 e. The van der Waals surface area contributed by atoms with Gasteiger partial charge in [-0.2, -0.15) is 0 Å². The van der Waals surface area contributed by atoms with Crippen LogP contribution in [0.4, 0.5) is 5.82 Å². The lowest BCUT2D eigenvalue weighted by molar-refractivity contribution is -0.137. The van der Waals surface area contributed by atoms with Crippen molar-refractivity contribution in [3.63, 3.8) is 0 Å². The Bertz CT molecular complexity index is 1150. The van der Waals surface area contributed by atoms with Crippen molar-refractivity contribution in [2.75, 3.05) is 5.32 Å². The van der Waals surface area contributed by atoms with E-state index in [2.05, 4.69) is 31.4 Å². The molecule has 1 aliphatic carbocycles. The molecule has 3 aromatic rings. The average Bonchev–Trinajstić information content (AvgIpc) is 3.49. The van der Waals surface area contributed by atoms with Gasteiger partial charge in [-0.1, -0.05) is 29.8 Å². The second-order valence-corrected chi connectivity index (χ2v) is 9.67. The van der Waals surface area contributed by atoms with Crippen LogP contribution < -0.4 is 10.6 Å². The van der Waals surface area contributed by atoms with Crippen molar-refractivity contribution < 1.29 is 14.7 Å². The fraction of sp³-hybridized carbons (Fsp3) is 0.400. The van der Waals surface area contributed by atoms with E-state index in [-0.39, 0.29) is 17.9 Å². The second-order valence-electron chi connectivity index (χ2n) is 9.67. The summed E-state index contributed by atoms with van der Waals surface area (Å²) in [6, 6.07) is 10.4. The van der Waals surface area contributed by atoms with E-state index in [9.17, 15) is 14.7 Å². The zero-order chi connectivity index (χ0) is 23.0. The number of carbonyl (C=O) groups is 2. The SMILES string of the molecule is Cc1ccc(C(CC(=O)O)NC(=O)c2ccn3c(NC(C)(C)C)c(C4CC4)nc3c2)cc1. The number of carbonyl (C=O) groups excluding carboxylic acids is 1. The molecule has 7 heteroatoms. The van der Waals surface area contributed by atoms with Gasteiger partial charge in [-0.15, -0.1) is 0 Å². The third kappa shape index (κ3) is 4.93. The number of benzene rings is 1. The maximum absolute atomic E-state index is 13.0. The number of fused-ring (bicyclic) bond motifs is 1. The molecule has 0 radical (unpaired) electrons. The molecule has 1 saturated carbocycles. The Morgan fingerprint density at radius 3 is 2.47 bits per heavy atom. The topological polar surface area (TPSA) is 95.7 Å². The highest BCUT2D eigenvalue weighted by atomic mass is 16.4. The van der Waals surface area contributed by atoms with Crippen molar-refractivity contribution in [3.8, 4) is 0 Å². The van der Waals surface area contributed by atoms with Gasteiger partial charge in [0.15, 0.2) is 0 Å². The van der Waals surface area contributed by atoms with Crippen molar-refractivity contribution in [1.29, 1.82) is 0 Å². The second kappa shape index (κ2) is 8.30. The number of nitrogens with zero attached hydrogens (tertiary/aromatic N) is 2. The summed E-state index contributed by atoms with van der Waals surface area (Å²) in [5.74, 6) is 0.149. The number of rotatable bonds is 7. The number of nitrogens with one attached hydrogen (secondary N) is 2. The summed E-state index contributed by atoms with van der Waals surface area (Å²) in [6.07, 6.45) is 3.92. The Labute approximate surface area is 187 Å². The summed E-state index contributed by atoms with van der Waals surface area (Å²) in [5.41, 5.74) is 3.92. The van der Waals surface area contributed by atoms with E-state index in [0.29, 0.717) is 17.1 Å². The molecule has 3 N–H and O–H groups in total. The van der Waals surface area contributed by atoms with Crippen LogP contribution in [0.15, 0.2) is 42.6 Å². The van der Waals surface area contributed by atoms with Crippen molar-refractivity contribution in [2.24, 2.45) is 0 Å². The average molecular weight is 435 g/mol. The van der Waals surface area contributed by atoms with Crippen LogP contribution in [0.3, 0.4) is 0 Å². The van der Waals surface area contributed by atoms with Crippen molar-refractivity contribution in [1.82, 2.24) is 14.7 Å². The van der Waals surface area contributed by atoms with E-state index >= 15 is 0 Å². The number of imidazole rings is 1. The summed E-state index contributed by atoms with van der Waals surface area (Å²) < 4.78 is 1.99. The first kappa shape index (κ1) is 21.9. The first-order valence-corrected chi connectivity index (χ1v) is 11.0. The van der Waals surface area contributed by atoms with E-state index in [1.807, 2.05) is 41.8 Å². The van der Waals surface area contributed by atoms with E-state index < -0.39 is 12.0 Å². The minimum Gasteiger partial charge on any atom is -0.481 e. The highest BCUT2D eigenvalue weighted by Gasteiger charge is 2.31. The summed E-state index contributed by atoms with van der Waals surface area (Å²) in [4.78, 5) is 29.2. The van der Waals surface area contributed by atoms with Crippen LogP contribution in [0, 0.1) is 6.92 Å². The minimum absolute atomic E-state index is 0.117. The van der Waals surface area contributed by atoms with Gasteiger partial charge in [0, 0.05) is 23.2 Å². The molecular formula is C25H30N4O3. The lowest BCUT2D eigenvalue weighted by Gasteiger charge is -2.22. The van der Waals surface area contributed by atoms with Crippen LogP contribution in [0.1, 0.15) is 79.2 Å². The van der Waals surface area contributed by atoms with E-state index in [1.54, 1.807) is 12.1 Å². The third-order valence-corrected chi connectivity index (χ3v) is 5.54. The Hall–Kier alpha value is -3.35. The predicted octanol–water partition coefficient (Wildman–Crippen LogP) is 4.68. The number of hydrogen-bond donors (Lipinski definition) is 3. The highest BCUT2D eigenvalue weighted by molar-refractivity contribution is 5.95. The number of hydrogen-bond acceptors (Lipinski definition) is 4. The number of aliphatic carboxylic acids is 1. The van der Waals surface area contributed by atoms with Crippen LogP contribution >= 0.6 is 0 Å². The smallest absolute Gasteiger partial charge is 0.305 e. The molecule has 168 valence electrons. The van der Waals surface area contributed by atoms with Crippen molar-refractivity contribution >= 4 is 23.3 Å². The molecule has 7 nitrogen and oxygen atoms in total. The first-order chi connectivity index (χ1) is 15.1. The van der Waals surface area contributed by atoms with Crippen molar-refractivity contribution in [3.05, 3.63) is 65.0 Å². The fourth-order valence-electron chi connectivity index (χ4n) is 3.79. The number of carboxylic acid groups (broad SMARTS) is 1. The Morgan fingerprint density at radius 1 is 1.19 bits per heavy atom. The standard InChI is InChI=1S/C25H30N4O3/c1-15-5-7-16(8-6-15)19(14-21(30)31)26-24(32)18-11-12-29-20(13-18)27-22(17-9-10-17)23(29)28-25(2,3)4/h5-8,11-13,17,19,28H,9-10,14H2,1-4H3,(H,26,32)(H,30,31). The van der Waals surface area contributed by atoms with Gasteiger partial charge >= 0.3 is 5.97 Å². The van der Waals surface area contributed by atoms with Gasteiger partial charge in [0.05, 0.1) is 18.2 Å². The molecule has 0 spiro atoms. The van der Waals surface area contributed by atoms with Crippen LogP contribution in [-0.2, 0) is 4.79 Å². The maximum Gasteiger partial charge on any atom is 0.305 e. The van der Waals surface area contributed by atoms with Gasteiger partial charge in [-0.3, -0.25) is 14.0 Å². The molecule has 1 amide bonds. The quantitative estimate of drug-likeness (QED) is 0.502. The first-order valence-electron chi connectivity index (χ1n) is 11.0. The number of aromatic nitrogens is 2. The summed E-state index contributed by atoms with van der Waals surface area (Å²) in [6.45, 7) is 8.29. The lowest BCUT2D eigenvalue weighted by atomic mass is 10.0. The summed E-state index contributed by atoms with van der Waals surface area (Å²) in [5, 5.41) is 15.8. The molecule has 32 heavy (non-hydrogen) atoms. The zero-order valence-corrected chi connectivity index (χ0v) is 19.0. The van der Waals surface area contributed by atoms with Gasteiger partial charge in [-0.05, 0) is 58.2 Å². The molecule has 4 rings (SSSR count). The molecule has 1 fully saturated rings. The van der Waals surface area contributed by atoms with Gasteiger partial charge in [0.1, 0.15) is 11.5 Å². The highest BCUT2D eigenvalue weighted by Crippen LogP contribution is 2.43. The number of aryl methyl sites for hydroxylation is 1. The Balaban J connectivity index is 1.62. The third-order valence-electron chi connectivity index (χ3n) is 5.54. The molecule has 1 atom stereocenters. The molecule has 0 aliphatic heterocycles. The minimum atomic E-state index is -0.966. The van der Waals surface area contributed by atoms with Gasteiger partial charge in [0.25, 0.3) is 5.91 Å². The number of anilines is 1. The normalized spacial score (nSPS) is 14.9. The number of carboxylic acids is 1. The predicted molar refractivity (Wildman–Crippen MR) is 124 cm³/mol. The molecule has 0 saturated heterocycles. The van der Waals surface area contributed by atoms with Crippen LogP contribution in [0.2, 0.25) is 0 Å². The molecule has 1 unspecified atom stereocenters. The molecular weight excluding hydrogens is 404 g/mol. The van der Waals surface area contributed by atoms with Crippen molar-refractivity contribution in [2.45, 2.75) is 64.5 Å². The van der Waals surface area contributed by atoms with E-state index in [1.165, 1.54) is 0 Å². The van der Waals surface area contributed by atoms with Gasteiger partial charge < -0.3 is 15.7 Å². The molecule has 0 bridgehead atoms.